The smallest absolute Gasteiger partial charge is 0.271 e. The Morgan fingerprint density at radius 2 is 1.75 bits per heavy atom. The van der Waals surface area contributed by atoms with E-state index < -0.39 is 0 Å². The number of carbonyl (C=O) groups excluding carboxylic acids is 1. The SMILES string of the molecule is Cn1c2c(c3ccccc31)C(c1cccs1)=CCN(Cc1ccccc1)C2=O. The van der Waals surface area contributed by atoms with Gasteiger partial charge in [-0.3, -0.25) is 4.79 Å². The second-order valence-corrected chi connectivity index (χ2v) is 8.01. The minimum atomic E-state index is 0.0837. The number of benzene rings is 2. The summed E-state index contributed by atoms with van der Waals surface area (Å²) in [4.78, 5) is 16.8. The van der Waals surface area contributed by atoms with Crippen LogP contribution in [0, 0.1) is 0 Å². The molecular formula is C24H20N2OS. The number of hydrogen-bond acceptors (Lipinski definition) is 2. The number of fused-ring (bicyclic) bond motifs is 3. The number of aromatic nitrogens is 1. The molecule has 0 atom stereocenters. The van der Waals surface area contributed by atoms with Crippen molar-refractivity contribution in [1.82, 2.24) is 9.47 Å². The van der Waals surface area contributed by atoms with Gasteiger partial charge >= 0.3 is 0 Å². The fraction of sp³-hybridized carbons (Fsp3) is 0.125. The highest BCUT2D eigenvalue weighted by Crippen LogP contribution is 2.38. The Morgan fingerprint density at radius 3 is 2.54 bits per heavy atom. The summed E-state index contributed by atoms with van der Waals surface area (Å²) >= 11 is 1.72. The van der Waals surface area contributed by atoms with Crippen LogP contribution in [0.2, 0.25) is 0 Å². The van der Waals surface area contributed by atoms with Crippen LogP contribution in [0.4, 0.5) is 0 Å². The molecule has 2 aromatic heterocycles. The molecule has 1 amide bonds. The zero-order valence-corrected chi connectivity index (χ0v) is 16.4. The second-order valence-electron chi connectivity index (χ2n) is 7.07. The fourth-order valence-corrected chi connectivity index (χ4v) is 4.82. The number of amides is 1. The highest BCUT2D eigenvalue weighted by atomic mass is 32.1. The highest BCUT2D eigenvalue weighted by Gasteiger charge is 2.30. The fourth-order valence-electron chi connectivity index (χ4n) is 4.05. The predicted molar refractivity (Wildman–Crippen MR) is 115 cm³/mol. The van der Waals surface area contributed by atoms with Gasteiger partial charge in [-0.1, -0.05) is 60.7 Å². The van der Waals surface area contributed by atoms with Crippen LogP contribution < -0.4 is 0 Å². The van der Waals surface area contributed by atoms with E-state index in [2.05, 4.69) is 52.4 Å². The lowest BCUT2D eigenvalue weighted by Gasteiger charge is -2.21. The zero-order chi connectivity index (χ0) is 19.1. The molecule has 28 heavy (non-hydrogen) atoms. The molecule has 4 aromatic rings. The van der Waals surface area contributed by atoms with E-state index in [0.717, 1.165) is 33.3 Å². The van der Waals surface area contributed by atoms with Gasteiger partial charge in [0.05, 0.1) is 0 Å². The van der Waals surface area contributed by atoms with Crippen molar-refractivity contribution >= 4 is 33.7 Å². The van der Waals surface area contributed by atoms with Crippen LogP contribution in [0.1, 0.15) is 26.5 Å². The lowest BCUT2D eigenvalue weighted by atomic mass is 10.0. The molecule has 0 unspecified atom stereocenters. The van der Waals surface area contributed by atoms with Crippen molar-refractivity contribution < 1.29 is 4.79 Å². The number of rotatable bonds is 3. The summed E-state index contributed by atoms with van der Waals surface area (Å²) in [6.45, 7) is 1.21. The zero-order valence-electron chi connectivity index (χ0n) is 15.6. The number of carbonyl (C=O) groups is 1. The van der Waals surface area contributed by atoms with E-state index in [-0.39, 0.29) is 5.91 Å². The summed E-state index contributed by atoms with van der Waals surface area (Å²) in [5.74, 6) is 0.0837. The van der Waals surface area contributed by atoms with E-state index in [1.807, 2.05) is 42.3 Å². The Bertz CT molecular complexity index is 1190. The monoisotopic (exact) mass is 384 g/mol. The molecule has 0 saturated heterocycles. The van der Waals surface area contributed by atoms with E-state index >= 15 is 0 Å². The molecule has 2 aromatic carbocycles. The molecule has 138 valence electrons. The average molecular weight is 385 g/mol. The normalized spacial score (nSPS) is 14.1. The Kier molecular flexibility index (Phi) is 4.14. The maximum atomic E-state index is 13.6. The summed E-state index contributed by atoms with van der Waals surface area (Å²) in [6.07, 6.45) is 2.21. The third-order valence-electron chi connectivity index (χ3n) is 5.38. The first-order valence-corrected chi connectivity index (χ1v) is 10.3. The molecule has 0 radical (unpaired) electrons. The van der Waals surface area contributed by atoms with E-state index in [4.69, 9.17) is 0 Å². The second kappa shape index (κ2) is 6.80. The minimum absolute atomic E-state index is 0.0837. The summed E-state index contributed by atoms with van der Waals surface area (Å²) in [5, 5.41) is 3.23. The van der Waals surface area contributed by atoms with Gasteiger partial charge in [-0.25, -0.2) is 0 Å². The maximum Gasteiger partial charge on any atom is 0.271 e. The van der Waals surface area contributed by atoms with Crippen LogP contribution >= 0.6 is 11.3 Å². The van der Waals surface area contributed by atoms with Crippen molar-refractivity contribution in [2.45, 2.75) is 6.54 Å². The molecule has 1 aliphatic heterocycles. The first kappa shape index (κ1) is 17.0. The molecule has 1 aliphatic rings. The standard InChI is InChI=1S/C24H20N2OS/c1-25-20-11-6-5-10-18(20)22-19(21-12-7-15-28-21)13-14-26(24(27)23(22)25)16-17-8-3-2-4-9-17/h2-13,15H,14,16H2,1H3. The van der Waals surface area contributed by atoms with Crippen LogP contribution in [0.25, 0.3) is 16.5 Å². The van der Waals surface area contributed by atoms with Gasteiger partial charge in [-0.2, -0.15) is 0 Å². The molecule has 0 N–H and O–H groups in total. The van der Waals surface area contributed by atoms with Gasteiger partial charge in [0, 0.05) is 41.5 Å². The van der Waals surface area contributed by atoms with Crippen LogP contribution in [0.15, 0.2) is 78.2 Å². The summed E-state index contributed by atoms with van der Waals surface area (Å²) in [7, 11) is 2.00. The van der Waals surface area contributed by atoms with Gasteiger partial charge in [0.1, 0.15) is 5.69 Å². The number of thiophene rings is 1. The average Bonchev–Trinajstić information content (AvgIpc) is 3.32. The molecule has 5 rings (SSSR count). The Labute approximate surface area is 168 Å². The number of nitrogens with zero attached hydrogens (tertiary/aromatic N) is 2. The largest absolute Gasteiger partial charge is 0.339 e. The van der Waals surface area contributed by atoms with Gasteiger partial charge in [0.25, 0.3) is 5.91 Å². The molecule has 3 heterocycles. The first-order chi connectivity index (χ1) is 13.7. The Morgan fingerprint density at radius 1 is 0.964 bits per heavy atom. The quantitative estimate of drug-likeness (QED) is 0.469. The van der Waals surface area contributed by atoms with Crippen LogP contribution in [0.3, 0.4) is 0 Å². The van der Waals surface area contributed by atoms with Gasteiger partial charge in [-0.05, 0) is 28.6 Å². The summed E-state index contributed by atoms with van der Waals surface area (Å²) in [6, 6.07) is 22.7. The molecule has 0 fully saturated rings. The molecule has 3 nitrogen and oxygen atoms in total. The third-order valence-corrected chi connectivity index (χ3v) is 6.29. The highest BCUT2D eigenvalue weighted by molar-refractivity contribution is 7.11. The van der Waals surface area contributed by atoms with E-state index in [1.54, 1.807) is 11.3 Å². The van der Waals surface area contributed by atoms with Gasteiger partial charge in [-0.15, -0.1) is 11.3 Å². The Balaban J connectivity index is 1.71. The molecular weight excluding hydrogens is 364 g/mol. The van der Waals surface area contributed by atoms with Crippen molar-refractivity contribution in [2.75, 3.05) is 6.54 Å². The number of hydrogen-bond donors (Lipinski definition) is 0. The van der Waals surface area contributed by atoms with Crippen LogP contribution in [-0.4, -0.2) is 21.9 Å². The topological polar surface area (TPSA) is 25.2 Å². The lowest BCUT2D eigenvalue weighted by Crippen LogP contribution is -2.31. The number of para-hydroxylation sites is 1. The van der Waals surface area contributed by atoms with Crippen molar-refractivity contribution in [3.05, 3.63) is 99.9 Å². The summed E-state index contributed by atoms with van der Waals surface area (Å²) in [5.41, 5.74) is 5.22. The first-order valence-electron chi connectivity index (χ1n) is 9.39. The molecule has 4 heteroatoms. The minimum Gasteiger partial charge on any atom is -0.339 e. The van der Waals surface area contributed by atoms with E-state index in [1.165, 1.54) is 4.88 Å². The molecule has 0 bridgehead atoms. The molecule has 0 saturated carbocycles. The summed E-state index contributed by atoms with van der Waals surface area (Å²) < 4.78 is 2.05. The van der Waals surface area contributed by atoms with Crippen molar-refractivity contribution in [1.29, 1.82) is 0 Å². The van der Waals surface area contributed by atoms with Gasteiger partial charge in [0.15, 0.2) is 0 Å². The third kappa shape index (κ3) is 2.69. The van der Waals surface area contributed by atoms with E-state index in [0.29, 0.717) is 13.1 Å². The van der Waals surface area contributed by atoms with Gasteiger partial charge in [0.2, 0.25) is 0 Å². The lowest BCUT2D eigenvalue weighted by molar-refractivity contribution is 0.0755. The predicted octanol–water partition coefficient (Wildman–Crippen LogP) is 5.33. The van der Waals surface area contributed by atoms with Crippen molar-refractivity contribution in [3.8, 4) is 0 Å². The van der Waals surface area contributed by atoms with E-state index in [9.17, 15) is 4.79 Å². The Hall–Kier alpha value is -3.11. The molecule has 0 aliphatic carbocycles. The number of aryl methyl sites for hydroxylation is 1. The van der Waals surface area contributed by atoms with Crippen LogP contribution in [0.5, 0.6) is 0 Å². The van der Waals surface area contributed by atoms with Crippen molar-refractivity contribution in [2.24, 2.45) is 7.05 Å². The maximum absolute atomic E-state index is 13.6. The van der Waals surface area contributed by atoms with Crippen LogP contribution in [-0.2, 0) is 13.6 Å². The van der Waals surface area contributed by atoms with Gasteiger partial charge < -0.3 is 9.47 Å². The molecule has 0 spiro atoms. The van der Waals surface area contributed by atoms with Crippen molar-refractivity contribution in [3.63, 3.8) is 0 Å².